The van der Waals surface area contributed by atoms with Gasteiger partial charge in [-0.05, 0) is 30.4 Å². The fraction of sp³-hybridized carbons (Fsp3) is 0.474. The minimum atomic E-state index is -1.31. The topological polar surface area (TPSA) is 85.4 Å². The van der Waals surface area contributed by atoms with Crippen molar-refractivity contribution in [3.8, 4) is 5.75 Å². The van der Waals surface area contributed by atoms with Gasteiger partial charge in [-0.2, -0.15) is 0 Å². The molecule has 4 rings (SSSR count). The molecule has 1 aromatic carbocycles. The minimum Gasteiger partial charge on any atom is -0.497 e. The van der Waals surface area contributed by atoms with Crippen molar-refractivity contribution in [3.05, 3.63) is 18.2 Å². The third-order valence-electron chi connectivity index (χ3n) is 6.74. The highest BCUT2D eigenvalue weighted by Gasteiger charge is 2.77. The van der Waals surface area contributed by atoms with Crippen LogP contribution in [-0.4, -0.2) is 29.6 Å². The summed E-state index contributed by atoms with van der Waals surface area (Å²) in [6.45, 7) is 5.51. The van der Waals surface area contributed by atoms with Crippen LogP contribution in [0.3, 0.4) is 0 Å². The van der Waals surface area contributed by atoms with Crippen LogP contribution < -0.4 is 10.1 Å². The number of aromatic nitrogens is 1. The Balaban J connectivity index is 1.70. The summed E-state index contributed by atoms with van der Waals surface area (Å²) in [6, 6.07) is 5.50. The number of nitrogens with one attached hydrogen (secondary N) is 1. The SMILES string of the molecule is COc1ccc2sc(NC(=O)C34CCC(C)(C(=O)C3=O)C4(C)C)nc2c1. The first-order valence-electron chi connectivity index (χ1n) is 8.53. The van der Waals surface area contributed by atoms with E-state index in [2.05, 4.69) is 10.3 Å². The van der Waals surface area contributed by atoms with Crippen LogP contribution in [0.4, 0.5) is 5.13 Å². The Hall–Kier alpha value is -2.28. The highest BCUT2D eigenvalue weighted by atomic mass is 32.1. The highest BCUT2D eigenvalue weighted by molar-refractivity contribution is 7.22. The summed E-state index contributed by atoms with van der Waals surface area (Å²) in [5.41, 5.74) is -2.10. The van der Waals surface area contributed by atoms with Gasteiger partial charge in [0, 0.05) is 11.5 Å². The first kappa shape index (κ1) is 17.1. The predicted molar refractivity (Wildman–Crippen MR) is 98.4 cm³/mol. The van der Waals surface area contributed by atoms with Crippen molar-refractivity contribution in [2.45, 2.75) is 33.6 Å². The largest absolute Gasteiger partial charge is 0.497 e. The van der Waals surface area contributed by atoms with Crippen molar-refractivity contribution < 1.29 is 19.1 Å². The fourth-order valence-electron chi connectivity index (χ4n) is 4.56. The van der Waals surface area contributed by atoms with Crippen LogP contribution in [0, 0.1) is 16.2 Å². The number of methoxy groups -OCH3 is 1. The van der Waals surface area contributed by atoms with E-state index >= 15 is 0 Å². The van der Waals surface area contributed by atoms with E-state index in [1.807, 2.05) is 26.0 Å². The summed E-state index contributed by atoms with van der Waals surface area (Å²) >= 11 is 1.33. The van der Waals surface area contributed by atoms with Crippen molar-refractivity contribution >= 4 is 44.2 Å². The van der Waals surface area contributed by atoms with Crippen LogP contribution in [0.25, 0.3) is 10.2 Å². The number of anilines is 1. The fourth-order valence-corrected chi connectivity index (χ4v) is 5.41. The molecule has 1 N–H and O–H groups in total. The summed E-state index contributed by atoms with van der Waals surface area (Å²) in [4.78, 5) is 42.9. The number of fused-ring (bicyclic) bond motifs is 3. The van der Waals surface area contributed by atoms with Crippen molar-refractivity contribution in [2.24, 2.45) is 16.2 Å². The molecule has 2 unspecified atom stereocenters. The smallest absolute Gasteiger partial charge is 0.240 e. The minimum absolute atomic E-state index is 0.394. The molecule has 26 heavy (non-hydrogen) atoms. The second-order valence-electron chi connectivity index (χ2n) is 7.83. The van der Waals surface area contributed by atoms with Gasteiger partial charge in [-0.25, -0.2) is 4.98 Å². The van der Waals surface area contributed by atoms with Crippen molar-refractivity contribution in [1.29, 1.82) is 0 Å². The second-order valence-corrected chi connectivity index (χ2v) is 8.86. The number of carbonyl (C=O) groups excluding carboxylic acids is 3. The van der Waals surface area contributed by atoms with E-state index < -0.39 is 33.7 Å². The van der Waals surface area contributed by atoms with Crippen molar-refractivity contribution in [3.63, 3.8) is 0 Å². The maximum absolute atomic E-state index is 13.2. The van der Waals surface area contributed by atoms with Crippen LogP contribution in [0.2, 0.25) is 0 Å². The van der Waals surface area contributed by atoms with Gasteiger partial charge in [-0.3, -0.25) is 14.4 Å². The molecule has 1 heterocycles. The zero-order valence-electron chi connectivity index (χ0n) is 15.1. The Bertz CT molecular complexity index is 979. The lowest BCUT2D eigenvalue weighted by molar-refractivity contribution is -0.147. The Morgan fingerprint density at radius 2 is 1.92 bits per heavy atom. The normalized spacial score (nSPS) is 29.4. The van der Waals surface area contributed by atoms with Gasteiger partial charge in [0.1, 0.15) is 11.2 Å². The third-order valence-corrected chi connectivity index (χ3v) is 7.70. The Morgan fingerprint density at radius 3 is 2.54 bits per heavy atom. The van der Waals surface area contributed by atoms with E-state index in [9.17, 15) is 14.4 Å². The Morgan fingerprint density at radius 1 is 1.19 bits per heavy atom. The second kappa shape index (κ2) is 5.13. The van der Waals surface area contributed by atoms with Gasteiger partial charge < -0.3 is 10.1 Å². The molecule has 1 aromatic heterocycles. The predicted octanol–water partition coefficient (Wildman–Crippen LogP) is 3.21. The summed E-state index contributed by atoms with van der Waals surface area (Å²) in [5.74, 6) is -0.717. The first-order chi connectivity index (χ1) is 12.2. The zero-order valence-corrected chi connectivity index (χ0v) is 16.0. The molecule has 0 spiro atoms. The number of carbonyl (C=O) groups is 3. The van der Waals surface area contributed by atoms with Gasteiger partial charge in [0.2, 0.25) is 17.5 Å². The molecular weight excluding hydrogens is 352 g/mol. The maximum Gasteiger partial charge on any atom is 0.240 e. The average Bonchev–Trinajstić information content (AvgIpc) is 3.12. The molecule has 2 atom stereocenters. The van der Waals surface area contributed by atoms with Crippen LogP contribution >= 0.6 is 11.3 Å². The molecule has 2 saturated carbocycles. The van der Waals surface area contributed by atoms with Crippen molar-refractivity contribution in [1.82, 2.24) is 4.98 Å². The number of Topliss-reactive ketones (excluding diaryl/α,β-unsaturated/α-hetero) is 2. The molecule has 0 radical (unpaired) electrons. The number of amides is 1. The van der Waals surface area contributed by atoms with Crippen LogP contribution in [0.15, 0.2) is 18.2 Å². The standard InChI is InChI=1S/C19H20N2O4S/c1-17(2)18(3)7-8-19(17,14(23)13(18)22)15(24)21-16-20-11-9-10(25-4)5-6-12(11)26-16/h5-6,9H,7-8H2,1-4H3,(H,20,21,24). The van der Waals surface area contributed by atoms with Gasteiger partial charge in [-0.1, -0.05) is 32.1 Å². The summed E-state index contributed by atoms with van der Waals surface area (Å²) in [7, 11) is 1.58. The first-order valence-corrected chi connectivity index (χ1v) is 9.34. The van der Waals surface area contributed by atoms with E-state index in [4.69, 9.17) is 4.74 Å². The molecule has 7 heteroatoms. The third kappa shape index (κ3) is 1.81. The highest BCUT2D eigenvalue weighted by Crippen LogP contribution is 2.69. The zero-order chi connectivity index (χ0) is 18.9. The van der Waals surface area contributed by atoms with E-state index in [1.165, 1.54) is 11.3 Å². The van der Waals surface area contributed by atoms with Crippen molar-refractivity contribution in [2.75, 3.05) is 12.4 Å². The molecule has 0 aliphatic heterocycles. The Labute approximate surface area is 154 Å². The quantitative estimate of drug-likeness (QED) is 0.660. The lowest BCUT2D eigenvalue weighted by Crippen LogP contribution is -2.47. The molecule has 6 nitrogen and oxygen atoms in total. The molecule has 2 aromatic rings. The molecule has 0 saturated heterocycles. The summed E-state index contributed by atoms with van der Waals surface area (Å²) < 4.78 is 6.10. The summed E-state index contributed by atoms with van der Waals surface area (Å²) in [6.07, 6.45) is 0.945. The molecule has 136 valence electrons. The van der Waals surface area contributed by atoms with Crippen LogP contribution in [0.5, 0.6) is 5.75 Å². The van der Waals surface area contributed by atoms with Gasteiger partial charge >= 0.3 is 0 Å². The van der Waals surface area contributed by atoms with Gasteiger partial charge in [0.25, 0.3) is 0 Å². The number of thiazole rings is 1. The molecule has 1 amide bonds. The van der Waals surface area contributed by atoms with Gasteiger partial charge in [0.05, 0.1) is 17.3 Å². The molecule has 2 fully saturated rings. The molecule has 2 aliphatic rings. The number of benzene rings is 1. The van der Waals surface area contributed by atoms with Crippen LogP contribution in [-0.2, 0) is 14.4 Å². The number of ether oxygens (including phenoxy) is 1. The van der Waals surface area contributed by atoms with E-state index in [0.29, 0.717) is 29.2 Å². The van der Waals surface area contributed by atoms with Gasteiger partial charge in [-0.15, -0.1) is 0 Å². The molecular formula is C19H20N2O4S. The number of hydrogen-bond acceptors (Lipinski definition) is 6. The number of nitrogens with zero attached hydrogens (tertiary/aromatic N) is 1. The maximum atomic E-state index is 13.2. The lowest BCUT2D eigenvalue weighted by Gasteiger charge is -2.36. The Kier molecular flexibility index (Phi) is 3.38. The summed E-state index contributed by atoms with van der Waals surface area (Å²) in [5, 5.41) is 3.23. The average molecular weight is 372 g/mol. The number of rotatable bonds is 3. The van der Waals surface area contributed by atoms with E-state index in [1.54, 1.807) is 20.1 Å². The number of ketones is 2. The van der Waals surface area contributed by atoms with E-state index in [-0.39, 0.29) is 0 Å². The van der Waals surface area contributed by atoms with E-state index in [0.717, 1.165) is 4.70 Å². The van der Waals surface area contributed by atoms with Crippen LogP contribution in [0.1, 0.15) is 33.6 Å². The lowest BCUT2D eigenvalue weighted by atomic mass is 9.64. The molecule has 2 aliphatic carbocycles. The number of hydrogen-bond donors (Lipinski definition) is 1. The monoisotopic (exact) mass is 372 g/mol. The molecule has 2 bridgehead atoms. The van der Waals surface area contributed by atoms with Gasteiger partial charge in [0.15, 0.2) is 5.13 Å².